The molecule has 0 aliphatic heterocycles. The third-order valence-corrected chi connectivity index (χ3v) is 5.96. The summed E-state index contributed by atoms with van der Waals surface area (Å²) in [6, 6.07) is 5.01. The average molecular weight is 486 g/mol. The third kappa shape index (κ3) is 4.59. The first-order chi connectivity index (χ1) is 15.0. The van der Waals surface area contributed by atoms with Crippen LogP contribution in [0.4, 0.5) is 23.2 Å². The number of imidazole rings is 1. The van der Waals surface area contributed by atoms with Crippen molar-refractivity contribution in [1.29, 1.82) is 0 Å². The van der Waals surface area contributed by atoms with Gasteiger partial charge in [-0.05, 0) is 67.9 Å². The van der Waals surface area contributed by atoms with Crippen molar-refractivity contribution in [3.63, 3.8) is 0 Å². The molecule has 1 amide bonds. The van der Waals surface area contributed by atoms with E-state index in [1.165, 1.54) is 34.9 Å². The number of carbonyl (C=O) groups excluding carboxylic acids is 1. The Labute approximate surface area is 192 Å². The number of amides is 1. The number of hydrogen-bond donors (Lipinski definition) is 1. The highest BCUT2D eigenvalue weighted by molar-refractivity contribution is 7.71. The second kappa shape index (κ2) is 9.07. The van der Waals surface area contributed by atoms with Crippen LogP contribution in [0.25, 0.3) is 5.69 Å². The number of anilines is 1. The summed E-state index contributed by atoms with van der Waals surface area (Å²) in [5.41, 5.74) is 0.445. The summed E-state index contributed by atoms with van der Waals surface area (Å²) in [5, 5.41) is -0.0845. The fourth-order valence-electron chi connectivity index (χ4n) is 3.49. The molecule has 1 heterocycles. The molecule has 3 rings (SSSR count). The van der Waals surface area contributed by atoms with Crippen LogP contribution in [-0.4, -0.2) is 22.0 Å². The first-order valence-corrected chi connectivity index (χ1v) is 10.5. The maximum atomic E-state index is 14.7. The number of benzene rings is 2. The Morgan fingerprint density at radius 2 is 1.91 bits per heavy atom. The number of aromatic nitrogens is 2. The molecule has 3 aromatic rings. The molecule has 32 heavy (non-hydrogen) atoms. The lowest BCUT2D eigenvalue weighted by Crippen LogP contribution is -2.33. The molecule has 0 atom stereocenters. The maximum Gasteiger partial charge on any atom is 0.416 e. The van der Waals surface area contributed by atoms with E-state index in [9.17, 15) is 22.4 Å². The van der Waals surface area contributed by atoms with Gasteiger partial charge in [0.15, 0.2) is 10.6 Å². The van der Waals surface area contributed by atoms with Crippen LogP contribution in [0.5, 0.6) is 0 Å². The van der Waals surface area contributed by atoms with Crippen LogP contribution in [0.3, 0.4) is 0 Å². The summed E-state index contributed by atoms with van der Waals surface area (Å²) in [6.45, 7) is 4.96. The van der Waals surface area contributed by atoms with Crippen molar-refractivity contribution >= 4 is 35.4 Å². The first-order valence-electron chi connectivity index (χ1n) is 9.67. The van der Waals surface area contributed by atoms with Gasteiger partial charge in [0, 0.05) is 18.9 Å². The zero-order chi connectivity index (χ0) is 23.8. The van der Waals surface area contributed by atoms with E-state index in [0.717, 1.165) is 12.1 Å². The number of halogens is 5. The zero-order valence-corrected chi connectivity index (χ0v) is 19.1. The third-order valence-electron chi connectivity index (χ3n) is 5.18. The van der Waals surface area contributed by atoms with Crippen molar-refractivity contribution in [3.05, 3.63) is 74.5 Å². The normalized spacial score (nSPS) is 11.6. The van der Waals surface area contributed by atoms with E-state index in [1.807, 2.05) is 0 Å². The van der Waals surface area contributed by atoms with Gasteiger partial charge in [-0.2, -0.15) is 13.2 Å². The molecule has 0 fully saturated rings. The number of carbonyl (C=O) groups is 1. The van der Waals surface area contributed by atoms with Gasteiger partial charge in [0.2, 0.25) is 5.91 Å². The Kier molecular flexibility index (Phi) is 6.80. The van der Waals surface area contributed by atoms with E-state index in [0.29, 0.717) is 11.1 Å². The van der Waals surface area contributed by atoms with Crippen molar-refractivity contribution in [3.8, 4) is 5.69 Å². The fraction of sp³-hybridized carbons (Fsp3) is 0.273. The molecule has 0 aliphatic rings. The highest BCUT2D eigenvalue weighted by atomic mass is 35.5. The SMILES string of the molecule is CCN(C(=O)Cc1c(C)cc(C(F)(F)F)cc1-n1cc[nH]c1=S)c1ccc(C)c(Cl)c1F. The minimum atomic E-state index is -4.57. The molecule has 2 aromatic carbocycles. The van der Waals surface area contributed by atoms with Crippen LogP contribution in [-0.2, 0) is 17.4 Å². The average Bonchev–Trinajstić information content (AvgIpc) is 3.14. The van der Waals surface area contributed by atoms with Crippen molar-refractivity contribution in [2.45, 2.75) is 33.4 Å². The second-order valence-corrected chi connectivity index (χ2v) is 8.03. The van der Waals surface area contributed by atoms with Gasteiger partial charge in [0.05, 0.1) is 28.4 Å². The van der Waals surface area contributed by atoms with Crippen molar-refractivity contribution in [2.24, 2.45) is 0 Å². The lowest BCUT2D eigenvalue weighted by molar-refractivity contribution is -0.137. The van der Waals surface area contributed by atoms with Gasteiger partial charge in [-0.15, -0.1) is 0 Å². The van der Waals surface area contributed by atoms with Gasteiger partial charge in [0.1, 0.15) is 0 Å². The second-order valence-electron chi connectivity index (χ2n) is 7.27. The summed E-state index contributed by atoms with van der Waals surface area (Å²) >= 11 is 11.2. The summed E-state index contributed by atoms with van der Waals surface area (Å²) in [5.74, 6) is -1.21. The monoisotopic (exact) mass is 485 g/mol. The molecule has 0 saturated heterocycles. The number of rotatable bonds is 5. The summed E-state index contributed by atoms with van der Waals surface area (Å²) < 4.78 is 56.6. The van der Waals surface area contributed by atoms with Crippen molar-refractivity contribution in [2.75, 3.05) is 11.4 Å². The molecule has 0 saturated carbocycles. The van der Waals surface area contributed by atoms with Gasteiger partial charge >= 0.3 is 6.18 Å². The standard InChI is InChI=1S/C22H20ClF4N3OS/c1-4-29(16-6-5-12(2)19(23)20(16)24)18(31)11-15-13(3)9-14(22(25,26)27)10-17(15)30-8-7-28-21(30)32/h5-10H,4,11H2,1-3H3,(H,28,32). The number of nitrogens with zero attached hydrogens (tertiary/aromatic N) is 2. The molecule has 0 radical (unpaired) electrons. The van der Waals surface area contributed by atoms with E-state index in [-0.39, 0.29) is 39.7 Å². The molecular weight excluding hydrogens is 466 g/mol. The van der Waals surface area contributed by atoms with Gasteiger partial charge in [-0.25, -0.2) is 4.39 Å². The number of aryl methyl sites for hydroxylation is 2. The van der Waals surface area contributed by atoms with Crippen molar-refractivity contribution < 1.29 is 22.4 Å². The summed E-state index contributed by atoms with van der Waals surface area (Å²) in [4.78, 5) is 17.1. The van der Waals surface area contributed by atoms with Crippen LogP contribution >= 0.6 is 23.8 Å². The summed E-state index contributed by atoms with van der Waals surface area (Å²) in [7, 11) is 0. The largest absolute Gasteiger partial charge is 0.416 e. The lowest BCUT2D eigenvalue weighted by atomic mass is 9.98. The quantitative estimate of drug-likeness (QED) is 0.328. The molecule has 1 N–H and O–H groups in total. The topological polar surface area (TPSA) is 41.0 Å². The van der Waals surface area contributed by atoms with E-state index in [1.54, 1.807) is 19.9 Å². The molecule has 4 nitrogen and oxygen atoms in total. The number of likely N-dealkylation sites (N-methyl/N-ethyl adjacent to an activating group) is 1. The molecular formula is C22H20ClF4N3OS. The smallest absolute Gasteiger partial charge is 0.337 e. The van der Waals surface area contributed by atoms with Crippen molar-refractivity contribution in [1.82, 2.24) is 9.55 Å². The first kappa shape index (κ1) is 24.0. The van der Waals surface area contributed by atoms with Gasteiger partial charge in [-0.1, -0.05) is 17.7 Å². The van der Waals surface area contributed by atoms with Gasteiger partial charge in [0.25, 0.3) is 0 Å². The lowest BCUT2D eigenvalue weighted by Gasteiger charge is -2.24. The molecule has 1 aromatic heterocycles. The van der Waals surface area contributed by atoms with E-state index < -0.39 is 23.5 Å². The van der Waals surface area contributed by atoms with Crippen LogP contribution in [0.2, 0.25) is 5.02 Å². The molecule has 170 valence electrons. The number of nitrogens with one attached hydrogen (secondary N) is 1. The van der Waals surface area contributed by atoms with Crippen LogP contribution in [0, 0.1) is 24.4 Å². The Morgan fingerprint density at radius 1 is 1.22 bits per heavy atom. The predicted molar refractivity (Wildman–Crippen MR) is 119 cm³/mol. The van der Waals surface area contributed by atoms with Crippen LogP contribution in [0.15, 0.2) is 36.7 Å². The van der Waals surface area contributed by atoms with E-state index >= 15 is 0 Å². The summed E-state index contributed by atoms with van der Waals surface area (Å²) in [6.07, 6.45) is -1.85. The number of aromatic amines is 1. The molecule has 10 heteroatoms. The molecule has 0 aliphatic carbocycles. The maximum absolute atomic E-state index is 14.7. The zero-order valence-electron chi connectivity index (χ0n) is 17.5. The van der Waals surface area contributed by atoms with Crippen LogP contribution < -0.4 is 4.90 Å². The Bertz CT molecular complexity index is 1230. The van der Waals surface area contributed by atoms with E-state index in [4.69, 9.17) is 23.8 Å². The Hall–Kier alpha value is -2.65. The van der Waals surface area contributed by atoms with Crippen LogP contribution in [0.1, 0.15) is 29.2 Å². The molecule has 0 unspecified atom stereocenters. The minimum Gasteiger partial charge on any atom is -0.337 e. The van der Waals surface area contributed by atoms with E-state index in [2.05, 4.69) is 4.98 Å². The molecule has 0 bridgehead atoms. The highest BCUT2D eigenvalue weighted by Gasteiger charge is 2.32. The molecule has 0 spiro atoms. The minimum absolute atomic E-state index is 0.0115. The Balaban J connectivity index is 2.10. The van der Waals surface area contributed by atoms with Gasteiger partial charge < -0.3 is 9.88 Å². The number of H-pyrrole nitrogens is 1. The Morgan fingerprint density at radius 3 is 2.47 bits per heavy atom. The fourth-order valence-corrected chi connectivity index (χ4v) is 3.88. The number of alkyl halides is 3. The predicted octanol–water partition coefficient (Wildman–Crippen LogP) is 6.56. The van der Waals surface area contributed by atoms with Gasteiger partial charge in [-0.3, -0.25) is 9.36 Å². The number of hydrogen-bond acceptors (Lipinski definition) is 2. The highest BCUT2D eigenvalue weighted by Crippen LogP contribution is 2.34.